The first-order valence-electron chi connectivity index (χ1n) is 6.86. The minimum atomic E-state index is -0.402. The SMILES string of the molecule is COc1cccc(CCC(=O)NNC(=O)c2ccoc2C)c1. The molecule has 22 heavy (non-hydrogen) atoms. The van der Waals surface area contributed by atoms with E-state index >= 15 is 0 Å². The smallest absolute Gasteiger partial charge is 0.273 e. The third-order valence-corrected chi connectivity index (χ3v) is 3.19. The Labute approximate surface area is 128 Å². The topological polar surface area (TPSA) is 80.6 Å². The Kier molecular flexibility index (Phi) is 5.19. The first-order valence-corrected chi connectivity index (χ1v) is 6.86. The number of carbonyl (C=O) groups is 2. The summed E-state index contributed by atoms with van der Waals surface area (Å²) >= 11 is 0. The summed E-state index contributed by atoms with van der Waals surface area (Å²) in [7, 11) is 1.60. The fourth-order valence-corrected chi connectivity index (χ4v) is 1.96. The van der Waals surface area contributed by atoms with Crippen LogP contribution < -0.4 is 15.6 Å². The lowest BCUT2D eigenvalue weighted by Crippen LogP contribution is -2.41. The second kappa shape index (κ2) is 7.31. The number of furan rings is 1. The van der Waals surface area contributed by atoms with Crippen LogP contribution in [0.4, 0.5) is 0 Å². The van der Waals surface area contributed by atoms with Crippen LogP contribution >= 0.6 is 0 Å². The number of hydrazine groups is 1. The molecule has 2 aromatic rings. The summed E-state index contributed by atoms with van der Waals surface area (Å²) in [5, 5.41) is 0. The van der Waals surface area contributed by atoms with E-state index in [4.69, 9.17) is 9.15 Å². The predicted octanol–water partition coefficient (Wildman–Crippen LogP) is 1.99. The number of hydrogen-bond acceptors (Lipinski definition) is 4. The van der Waals surface area contributed by atoms with Crippen molar-refractivity contribution in [3.63, 3.8) is 0 Å². The summed E-state index contributed by atoms with van der Waals surface area (Å²) in [6, 6.07) is 9.06. The third kappa shape index (κ3) is 4.12. The molecule has 6 heteroatoms. The Morgan fingerprint density at radius 3 is 2.73 bits per heavy atom. The van der Waals surface area contributed by atoms with Gasteiger partial charge in [-0.15, -0.1) is 0 Å². The summed E-state index contributed by atoms with van der Waals surface area (Å²) in [5.74, 6) is 0.586. The summed E-state index contributed by atoms with van der Waals surface area (Å²) in [5.41, 5.74) is 6.14. The first kappa shape index (κ1) is 15.6. The number of rotatable bonds is 5. The molecule has 0 bridgehead atoms. The Morgan fingerprint density at radius 1 is 1.23 bits per heavy atom. The fourth-order valence-electron chi connectivity index (χ4n) is 1.96. The minimum absolute atomic E-state index is 0.262. The van der Waals surface area contributed by atoms with Crippen molar-refractivity contribution in [2.45, 2.75) is 19.8 Å². The van der Waals surface area contributed by atoms with E-state index in [9.17, 15) is 9.59 Å². The molecule has 0 unspecified atom stereocenters. The Morgan fingerprint density at radius 2 is 2.05 bits per heavy atom. The van der Waals surface area contributed by atoms with Crippen LogP contribution in [0.1, 0.15) is 28.1 Å². The monoisotopic (exact) mass is 302 g/mol. The molecule has 0 spiro atoms. The number of hydrogen-bond donors (Lipinski definition) is 2. The van der Waals surface area contributed by atoms with Crippen LogP contribution in [0.25, 0.3) is 0 Å². The molecular weight excluding hydrogens is 284 g/mol. The van der Waals surface area contributed by atoms with Crippen LogP contribution in [0.2, 0.25) is 0 Å². The molecule has 2 N–H and O–H groups in total. The molecule has 0 saturated carbocycles. The maximum atomic E-state index is 11.8. The third-order valence-electron chi connectivity index (χ3n) is 3.19. The second-order valence-corrected chi connectivity index (χ2v) is 4.74. The quantitative estimate of drug-likeness (QED) is 0.828. The van der Waals surface area contributed by atoms with E-state index in [2.05, 4.69) is 10.9 Å². The molecule has 0 saturated heterocycles. The van der Waals surface area contributed by atoms with E-state index in [1.807, 2.05) is 24.3 Å². The molecule has 0 aliphatic rings. The molecular formula is C16H18N2O4. The van der Waals surface area contributed by atoms with Gasteiger partial charge in [-0.3, -0.25) is 20.4 Å². The number of amides is 2. The molecule has 0 atom stereocenters. The molecule has 2 amide bonds. The van der Waals surface area contributed by atoms with Crippen molar-refractivity contribution in [1.82, 2.24) is 10.9 Å². The number of methoxy groups -OCH3 is 1. The van der Waals surface area contributed by atoms with Crippen molar-refractivity contribution >= 4 is 11.8 Å². The zero-order chi connectivity index (χ0) is 15.9. The van der Waals surface area contributed by atoms with Gasteiger partial charge in [0.05, 0.1) is 18.9 Å². The van der Waals surface area contributed by atoms with Crippen LogP contribution in [-0.4, -0.2) is 18.9 Å². The van der Waals surface area contributed by atoms with E-state index in [0.717, 1.165) is 11.3 Å². The van der Waals surface area contributed by atoms with Crippen molar-refractivity contribution in [3.05, 3.63) is 53.5 Å². The lowest BCUT2D eigenvalue weighted by atomic mass is 10.1. The maximum Gasteiger partial charge on any atom is 0.273 e. The zero-order valence-electron chi connectivity index (χ0n) is 12.5. The molecule has 116 valence electrons. The number of aryl methyl sites for hydroxylation is 2. The maximum absolute atomic E-state index is 11.8. The van der Waals surface area contributed by atoms with Gasteiger partial charge in [0.1, 0.15) is 11.5 Å². The Hall–Kier alpha value is -2.76. The van der Waals surface area contributed by atoms with Gasteiger partial charge in [-0.1, -0.05) is 12.1 Å². The first-order chi connectivity index (χ1) is 10.6. The molecule has 0 aliphatic carbocycles. The van der Waals surface area contributed by atoms with E-state index in [-0.39, 0.29) is 12.3 Å². The van der Waals surface area contributed by atoms with E-state index in [1.54, 1.807) is 20.1 Å². The average molecular weight is 302 g/mol. The normalized spacial score (nSPS) is 10.1. The fraction of sp³-hybridized carbons (Fsp3) is 0.250. The summed E-state index contributed by atoms with van der Waals surface area (Å²) < 4.78 is 10.2. The Balaban J connectivity index is 1.78. The van der Waals surface area contributed by atoms with Crippen molar-refractivity contribution in [2.24, 2.45) is 0 Å². The minimum Gasteiger partial charge on any atom is -0.497 e. The lowest BCUT2D eigenvalue weighted by molar-refractivity contribution is -0.121. The molecule has 1 aromatic carbocycles. The highest BCUT2D eigenvalue weighted by Gasteiger charge is 2.12. The highest BCUT2D eigenvalue weighted by Crippen LogP contribution is 2.13. The molecule has 1 heterocycles. The molecule has 6 nitrogen and oxygen atoms in total. The van der Waals surface area contributed by atoms with Gasteiger partial charge in [0, 0.05) is 6.42 Å². The second-order valence-electron chi connectivity index (χ2n) is 4.74. The number of benzene rings is 1. The number of nitrogens with one attached hydrogen (secondary N) is 2. The highest BCUT2D eigenvalue weighted by atomic mass is 16.5. The predicted molar refractivity (Wildman–Crippen MR) is 80.4 cm³/mol. The van der Waals surface area contributed by atoms with Crippen molar-refractivity contribution in [3.8, 4) is 5.75 Å². The van der Waals surface area contributed by atoms with Gasteiger partial charge in [0.25, 0.3) is 5.91 Å². The molecule has 0 radical (unpaired) electrons. The van der Waals surface area contributed by atoms with Gasteiger partial charge in [0.15, 0.2) is 0 Å². The molecule has 1 aromatic heterocycles. The van der Waals surface area contributed by atoms with Crippen LogP contribution in [0, 0.1) is 6.92 Å². The molecule has 2 rings (SSSR count). The van der Waals surface area contributed by atoms with E-state index in [0.29, 0.717) is 17.7 Å². The average Bonchev–Trinajstić information content (AvgIpc) is 2.97. The van der Waals surface area contributed by atoms with E-state index < -0.39 is 5.91 Å². The van der Waals surface area contributed by atoms with Gasteiger partial charge < -0.3 is 9.15 Å². The molecule has 0 fully saturated rings. The van der Waals surface area contributed by atoms with Crippen LogP contribution in [-0.2, 0) is 11.2 Å². The van der Waals surface area contributed by atoms with Crippen molar-refractivity contribution in [1.29, 1.82) is 0 Å². The summed E-state index contributed by atoms with van der Waals surface area (Å²) in [4.78, 5) is 23.5. The zero-order valence-corrected chi connectivity index (χ0v) is 12.5. The van der Waals surface area contributed by atoms with Gasteiger partial charge in [-0.2, -0.15) is 0 Å². The van der Waals surface area contributed by atoms with Crippen LogP contribution in [0.15, 0.2) is 41.0 Å². The Bertz CT molecular complexity index is 664. The summed E-state index contributed by atoms with van der Waals surface area (Å²) in [6.45, 7) is 1.68. The highest BCUT2D eigenvalue weighted by molar-refractivity contribution is 5.96. The standard InChI is InChI=1S/C16H18N2O4/c1-11-14(8-9-22-11)16(20)18-17-15(19)7-6-12-4-3-5-13(10-12)21-2/h3-5,8-10H,6-7H2,1-2H3,(H,17,19)(H,18,20). The lowest BCUT2D eigenvalue weighted by Gasteiger charge is -2.07. The largest absolute Gasteiger partial charge is 0.497 e. The van der Waals surface area contributed by atoms with Crippen molar-refractivity contribution in [2.75, 3.05) is 7.11 Å². The number of ether oxygens (including phenoxy) is 1. The summed E-state index contributed by atoms with van der Waals surface area (Å²) in [6.07, 6.45) is 2.25. The molecule has 0 aliphatic heterocycles. The van der Waals surface area contributed by atoms with Gasteiger partial charge in [-0.05, 0) is 37.1 Å². The van der Waals surface area contributed by atoms with Gasteiger partial charge >= 0.3 is 0 Å². The van der Waals surface area contributed by atoms with Crippen LogP contribution in [0.5, 0.6) is 5.75 Å². The van der Waals surface area contributed by atoms with Crippen molar-refractivity contribution < 1.29 is 18.7 Å². The number of carbonyl (C=O) groups excluding carboxylic acids is 2. The van der Waals surface area contributed by atoms with Gasteiger partial charge in [-0.25, -0.2) is 0 Å². The van der Waals surface area contributed by atoms with Gasteiger partial charge in [0.2, 0.25) is 5.91 Å². The van der Waals surface area contributed by atoms with E-state index in [1.165, 1.54) is 6.26 Å². The van der Waals surface area contributed by atoms with Crippen LogP contribution in [0.3, 0.4) is 0 Å².